The van der Waals surface area contributed by atoms with Gasteiger partial charge in [0, 0.05) is 29.7 Å². The number of hydrogen-bond acceptors (Lipinski definition) is 4. The second kappa shape index (κ2) is 8.16. The number of amides is 1. The number of hydrogen-bond donors (Lipinski definition) is 2. The molecule has 1 aromatic heterocycles. The molecule has 1 amide bonds. The Hall–Kier alpha value is -3.34. The molecule has 0 bridgehead atoms. The second-order valence-electron chi connectivity index (χ2n) is 5.92. The van der Waals surface area contributed by atoms with Gasteiger partial charge in [-0.1, -0.05) is 30.3 Å². The van der Waals surface area contributed by atoms with Gasteiger partial charge in [0.25, 0.3) is 5.91 Å². The van der Waals surface area contributed by atoms with E-state index in [4.69, 9.17) is 4.74 Å². The first-order valence-electron chi connectivity index (χ1n) is 8.35. The van der Waals surface area contributed by atoms with E-state index < -0.39 is 0 Å². The van der Waals surface area contributed by atoms with Crippen molar-refractivity contribution in [3.63, 3.8) is 0 Å². The predicted molar refractivity (Wildman–Crippen MR) is 104 cm³/mol. The molecule has 0 fully saturated rings. The van der Waals surface area contributed by atoms with E-state index in [0.29, 0.717) is 12.2 Å². The van der Waals surface area contributed by atoms with E-state index in [0.717, 1.165) is 28.3 Å². The first kappa shape index (κ1) is 17.5. The molecule has 0 saturated heterocycles. The van der Waals surface area contributed by atoms with Crippen molar-refractivity contribution in [3.05, 3.63) is 83.7 Å². The highest BCUT2D eigenvalue weighted by Crippen LogP contribution is 2.19. The van der Waals surface area contributed by atoms with Gasteiger partial charge in [-0.25, -0.2) is 0 Å². The Morgan fingerprint density at radius 1 is 1.04 bits per heavy atom. The molecule has 3 rings (SSSR count). The molecule has 26 heavy (non-hydrogen) atoms. The summed E-state index contributed by atoms with van der Waals surface area (Å²) in [5.41, 5.74) is 4.06. The lowest BCUT2D eigenvalue weighted by atomic mass is 10.2. The fraction of sp³-hybridized carbons (Fsp3) is 0.143. The van der Waals surface area contributed by atoms with Crippen molar-refractivity contribution in [3.8, 4) is 5.75 Å². The number of rotatable bonds is 6. The smallest absolute Gasteiger partial charge is 0.274 e. The Bertz CT molecular complexity index is 909. The summed E-state index contributed by atoms with van der Waals surface area (Å²) in [5, 5.41) is 6.17. The molecule has 0 radical (unpaired) electrons. The summed E-state index contributed by atoms with van der Waals surface area (Å²) in [6, 6.07) is 19.0. The van der Waals surface area contributed by atoms with Gasteiger partial charge in [0.1, 0.15) is 11.4 Å². The zero-order chi connectivity index (χ0) is 18.4. The highest BCUT2D eigenvalue weighted by atomic mass is 16.5. The molecule has 2 aromatic carbocycles. The third-order valence-electron chi connectivity index (χ3n) is 3.94. The number of anilines is 2. The summed E-state index contributed by atoms with van der Waals surface area (Å²) in [4.78, 5) is 16.6. The van der Waals surface area contributed by atoms with Crippen molar-refractivity contribution in [2.75, 3.05) is 17.7 Å². The molecule has 2 N–H and O–H groups in total. The lowest BCUT2D eigenvalue weighted by Crippen LogP contribution is -2.14. The Morgan fingerprint density at radius 3 is 2.69 bits per heavy atom. The average Bonchev–Trinajstić information content (AvgIpc) is 2.67. The maximum atomic E-state index is 12.4. The molecule has 1 heterocycles. The van der Waals surface area contributed by atoms with Crippen LogP contribution in [0.3, 0.4) is 0 Å². The average molecular weight is 347 g/mol. The molecule has 0 atom stereocenters. The standard InChI is InChI=1S/C21H21N3O2/c1-15-6-5-8-18(12-15)24-21(25)19-13-17(10-11-22-19)23-14-16-7-3-4-9-20(16)26-2/h3-13H,14H2,1-2H3,(H,22,23)(H,24,25). The van der Waals surface area contributed by atoms with E-state index in [2.05, 4.69) is 15.6 Å². The van der Waals surface area contributed by atoms with Crippen molar-refractivity contribution in [2.24, 2.45) is 0 Å². The minimum atomic E-state index is -0.239. The van der Waals surface area contributed by atoms with Crippen molar-refractivity contribution < 1.29 is 9.53 Å². The van der Waals surface area contributed by atoms with Gasteiger partial charge in [-0.15, -0.1) is 0 Å². The normalized spacial score (nSPS) is 10.2. The van der Waals surface area contributed by atoms with E-state index in [1.165, 1.54) is 0 Å². The van der Waals surface area contributed by atoms with Crippen LogP contribution in [0.5, 0.6) is 5.75 Å². The van der Waals surface area contributed by atoms with Gasteiger partial charge in [0.15, 0.2) is 0 Å². The van der Waals surface area contributed by atoms with Crippen molar-refractivity contribution in [1.82, 2.24) is 4.98 Å². The molecule has 0 aliphatic rings. The number of para-hydroxylation sites is 1. The molecule has 0 spiro atoms. The van der Waals surface area contributed by atoms with Crippen LogP contribution in [0, 0.1) is 6.92 Å². The summed E-state index contributed by atoms with van der Waals surface area (Å²) in [7, 11) is 1.65. The van der Waals surface area contributed by atoms with Gasteiger partial charge in [0.05, 0.1) is 7.11 Å². The molecular weight excluding hydrogens is 326 g/mol. The minimum absolute atomic E-state index is 0.239. The molecule has 0 aliphatic carbocycles. The molecule has 5 heteroatoms. The van der Waals surface area contributed by atoms with Crippen LogP contribution >= 0.6 is 0 Å². The van der Waals surface area contributed by atoms with Crippen LogP contribution in [0.15, 0.2) is 66.9 Å². The van der Waals surface area contributed by atoms with Crippen LogP contribution in [0.1, 0.15) is 21.6 Å². The number of carbonyl (C=O) groups excluding carboxylic acids is 1. The van der Waals surface area contributed by atoms with Crippen molar-refractivity contribution in [1.29, 1.82) is 0 Å². The van der Waals surface area contributed by atoms with Gasteiger partial charge in [-0.05, 0) is 42.8 Å². The molecule has 0 saturated carbocycles. The Balaban J connectivity index is 1.68. The predicted octanol–water partition coefficient (Wildman–Crippen LogP) is 4.26. The summed E-state index contributed by atoms with van der Waals surface area (Å²) < 4.78 is 5.36. The van der Waals surface area contributed by atoms with Crippen LogP contribution in [0.2, 0.25) is 0 Å². The zero-order valence-corrected chi connectivity index (χ0v) is 14.8. The first-order chi connectivity index (χ1) is 12.7. The number of ether oxygens (including phenoxy) is 1. The van der Waals surface area contributed by atoms with Crippen LogP contribution in [-0.2, 0) is 6.54 Å². The summed E-state index contributed by atoms with van der Waals surface area (Å²) in [6.07, 6.45) is 1.62. The number of aryl methyl sites for hydroxylation is 1. The number of methoxy groups -OCH3 is 1. The molecule has 0 unspecified atom stereocenters. The fourth-order valence-corrected chi connectivity index (χ4v) is 2.63. The van der Waals surface area contributed by atoms with Crippen molar-refractivity contribution >= 4 is 17.3 Å². The van der Waals surface area contributed by atoms with Gasteiger partial charge in [-0.2, -0.15) is 0 Å². The molecule has 3 aromatic rings. The van der Waals surface area contributed by atoms with Gasteiger partial charge < -0.3 is 15.4 Å². The maximum Gasteiger partial charge on any atom is 0.274 e. The summed E-state index contributed by atoms with van der Waals surface area (Å²) in [6.45, 7) is 2.57. The van der Waals surface area contributed by atoms with E-state index >= 15 is 0 Å². The van der Waals surface area contributed by atoms with E-state index in [9.17, 15) is 4.79 Å². The second-order valence-corrected chi connectivity index (χ2v) is 5.92. The van der Waals surface area contributed by atoms with Crippen LogP contribution in [-0.4, -0.2) is 18.0 Å². The molecule has 5 nitrogen and oxygen atoms in total. The number of nitrogens with zero attached hydrogens (tertiary/aromatic N) is 1. The van der Waals surface area contributed by atoms with Gasteiger partial charge >= 0.3 is 0 Å². The monoisotopic (exact) mass is 347 g/mol. The third kappa shape index (κ3) is 4.39. The quantitative estimate of drug-likeness (QED) is 0.699. The van der Waals surface area contributed by atoms with Crippen LogP contribution in [0.4, 0.5) is 11.4 Å². The lowest BCUT2D eigenvalue weighted by Gasteiger charge is -2.11. The third-order valence-corrected chi connectivity index (χ3v) is 3.94. The number of aromatic nitrogens is 1. The zero-order valence-electron chi connectivity index (χ0n) is 14.8. The molecule has 132 valence electrons. The number of pyridine rings is 1. The first-order valence-corrected chi connectivity index (χ1v) is 8.35. The fourth-order valence-electron chi connectivity index (χ4n) is 2.63. The number of carbonyl (C=O) groups is 1. The van der Waals surface area contributed by atoms with E-state index in [-0.39, 0.29) is 5.91 Å². The van der Waals surface area contributed by atoms with E-state index in [1.54, 1.807) is 19.4 Å². The lowest BCUT2D eigenvalue weighted by molar-refractivity contribution is 0.102. The van der Waals surface area contributed by atoms with E-state index in [1.807, 2.05) is 61.5 Å². The topological polar surface area (TPSA) is 63.2 Å². The van der Waals surface area contributed by atoms with Crippen molar-refractivity contribution in [2.45, 2.75) is 13.5 Å². The highest BCUT2D eigenvalue weighted by molar-refractivity contribution is 6.03. The number of benzene rings is 2. The summed E-state index contributed by atoms with van der Waals surface area (Å²) >= 11 is 0. The Labute approximate surface area is 153 Å². The van der Waals surface area contributed by atoms with Crippen LogP contribution < -0.4 is 15.4 Å². The largest absolute Gasteiger partial charge is 0.496 e. The number of nitrogens with one attached hydrogen (secondary N) is 2. The maximum absolute atomic E-state index is 12.4. The van der Waals surface area contributed by atoms with Crippen LogP contribution in [0.25, 0.3) is 0 Å². The summed E-state index contributed by atoms with van der Waals surface area (Å²) in [5.74, 6) is 0.586. The molecular formula is C21H21N3O2. The highest BCUT2D eigenvalue weighted by Gasteiger charge is 2.09. The van der Waals surface area contributed by atoms with Gasteiger partial charge in [-0.3, -0.25) is 9.78 Å². The SMILES string of the molecule is COc1ccccc1CNc1ccnc(C(=O)Nc2cccc(C)c2)c1. The van der Waals surface area contributed by atoms with Gasteiger partial charge in [0.2, 0.25) is 0 Å². The molecule has 0 aliphatic heterocycles. The minimum Gasteiger partial charge on any atom is -0.496 e. The Morgan fingerprint density at radius 2 is 1.88 bits per heavy atom. The Kier molecular flexibility index (Phi) is 5.49.